The second-order valence-corrected chi connectivity index (χ2v) is 13.3. The highest BCUT2D eigenvalue weighted by Crippen LogP contribution is 2.44. The quantitative estimate of drug-likeness (QED) is 0.0785. The first-order valence-corrected chi connectivity index (χ1v) is 18.3. The van der Waals surface area contributed by atoms with Crippen molar-refractivity contribution in [3.63, 3.8) is 0 Å². The maximum absolute atomic E-state index is 13.3. The minimum Gasteiger partial charge on any atom is -0.447 e. The summed E-state index contributed by atoms with van der Waals surface area (Å²) in [6.07, 6.45) is 7.72. The van der Waals surface area contributed by atoms with Crippen LogP contribution in [0.25, 0.3) is 22.0 Å². The van der Waals surface area contributed by atoms with E-state index in [0.717, 1.165) is 48.7 Å². The first-order chi connectivity index (χ1) is 24.4. The van der Waals surface area contributed by atoms with Crippen LogP contribution in [0, 0.1) is 0 Å². The van der Waals surface area contributed by atoms with Gasteiger partial charge in [-0.25, -0.2) is 14.8 Å². The molecule has 5 rings (SSSR count). The van der Waals surface area contributed by atoms with Crippen LogP contribution in [0.3, 0.4) is 0 Å². The molecule has 0 saturated heterocycles. The lowest BCUT2D eigenvalue weighted by Crippen LogP contribution is -2.41. The summed E-state index contributed by atoms with van der Waals surface area (Å²) in [7, 11) is 3.59. The van der Waals surface area contributed by atoms with Gasteiger partial charge in [0.05, 0.1) is 6.54 Å². The van der Waals surface area contributed by atoms with Crippen LogP contribution in [0.5, 0.6) is 0 Å². The van der Waals surface area contributed by atoms with Crippen molar-refractivity contribution in [1.82, 2.24) is 25.2 Å². The molecule has 0 fully saturated rings. The number of rotatable bonds is 19. The van der Waals surface area contributed by atoms with Crippen LogP contribution in [0.1, 0.15) is 87.4 Å². The molecule has 1 aromatic heterocycles. The number of hydrogen-bond donors (Lipinski definition) is 2. The number of carbonyl (C=O) groups excluding carboxylic acids is 3. The predicted octanol–water partition coefficient (Wildman–Crippen LogP) is 7.63. The average Bonchev–Trinajstić information content (AvgIpc) is 3.65. The van der Waals surface area contributed by atoms with Crippen molar-refractivity contribution >= 4 is 28.8 Å². The van der Waals surface area contributed by atoms with E-state index in [1.54, 1.807) is 7.05 Å². The summed E-state index contributed by atoms with van der Waals surface area (Å²) in [4.78, 5) is 38.0. The van der Waals surface area contributed by atoms with Gasteiger partial charge < -0.3 is 19.9 Å². The number of aromatic nitrogens is 1. The topological polar surface area (TPSA) is 95.9 Å². The lowest BCUT2D eigenvalue weighted by molar-refractivity contribution is -0.122. The molecule has 0 atom stereocenters. The number of unbranched alkanes of at least 4 members (excludes halogenated alkanes) is 5. The van der Waals surface area contributed by atoms with Gasteiger partial charge in [-0.1, -0.05) is 92.9 Å². The molecule has 1 heterocycles. The van der Waals surface area contributed by atoms with Crippen LogP contribution in [-0.2, 0) is 27.4 Å². The number of hydrazine groups is 1. The molecule has 266 valence electrons. The highest BCUT2D eigenvalue weighted by molar-refractivity contribution is 5.82. The molecule has 9 nitrogen and oxygen atoms in total. The Bertz CT molecular complexity index is 1690. The Labute approximate surface area is 296 Å². The van der Waals surface area contributed by atoms with Gasteiger partial charge in [0, 0.05) is 63.7 Å². The summed E-state index contributed by atoms with van der Waals surface area (Å²) in [5.74, 6) is 0.149. The molecule has 0 aliphatic heterocycles. The third-order valence-corrected chi connectivity index (χ3v) is 9.72. The smallest absolute Gasteiger partial charge is 0.424 e. The van der Waals surface area contributed by atoms with E-state index in [2.05, 4.69) is 64.6 Å². The summed E-state index contributed by atoms with van der Waals surface area (Å²) in [5.41, 5.74) is 6.81. The van der Waals surface area contributed by atoms with Crippen molar-refractivity contribution in [3.05, 3.63) is 95.7 Å². The standard InChI is InChI=1S/C41H53N5O4/c1-4-5-6-8-23-39(47)42-25-15-7-16-26-43-40(48)24-27-46-32(28-31-17-9-14-22-38(31)46)29-44(2)45(3)41(49)50-30-37-35-20-12-10-18-33(35)34-19-11-13-21-36(34)37/h9-14,17-22,28,37H,4-8,15-16,23-27,29-30H2,1-3H3,(H,42,47)(H,43,48). The zero-order valence-corrected chi connectivity index (χ0v) is 30.0. The Morgan fingerprint density at radius 2 is 1.34 bits per heavy atom. The Kier molecular flexibility index (Phi) is 13.5. The van der Waals surface area contributed by atoms with Crippen molar-refractivity contribution in [3.8, 4) is 11.1 Å². The first-order valence-electron chi connectivity index (χ1n) is 18.3. The molecule has 1 aliphatic carbocycles. The monoisotopic (exact) mass is 679 g/mol. The van der Waals surface area contributed by atoms with E-state index in [1.165, 1.54) is 40.1 Å². The molecule has 0 bridgehead atoms. The first kappa shape index (κ1) is 36.6. The Morgan fingerprint density at radius 1 is 0.740 bits per heavy atom. The van der Waals surface area contributed by atoms with Crippen molar-refractivity contribution in [2.75, 3.05) is 33.8 Å². The van der Waals surface area contributed by atoms with E-state index in [-0.39, 0.29) is 24.3 Å². The zero-order chi connectivity index (χ0) is 35.3. The number of amides is 3. The van der Waals surface area contributed by atoms with Gasteiger partial charge in [0.25, 0.3) is 0 Å². The lowest BCUT2D eigenvalue weighted by Gasteiger charge is -2.28. The van der Waals surface area contributed by atoms with Crippen LogP contribution in [0.15, 0.2) is 78.9 Å². The molecule has 50 heavy (non-hydrogen) atoms. The molecule has 2 N–H and O–H groups in total. The third-order valence-electron chi connectivity index (χ3n) is 9.72. The SMILES string of the molecule is CCCCCCC(=O)NCCCCCNC(=O)CCn1c(CN(C)N(C)C(=O)OCC2c3ccccc3-c3ccccc32)cc2ccccc21. The van der Waals surface area contributed by atoms with E-state index in [9.17, 15) is 14.4 Å². The summed E-state index contributed by atoms with van der Waals surface area (Å²) < 4.78 is 8.06. The van der Waals surface area contributed by atoms with Crippen molar-refractivity contribution in [2.45, 2.75) is 83.7 Å². The molecule has 0 saturated carbocycles. The molecule has 9 heteroatoms. The molecule has 3 aromatic carbocycles. The number of aryl methyl sites for hydroxylation is 1. The van der Waals surface area contributed by atoms with Gasteiger partial charge in [0.2, 0.25) is 11.8 Å². The van der Waals surface area contributed by atoms with Gasteiger partial charge in [-0.3, -0.25) is 9.59 Å². The minimum atomic E-state index is -0.416. The summed E-state index contributed by atoms with van der Waals surface area (Å²) in [5, 5.41) is 10.5. The zero-order valence-electron chi connectivity index (χ0n) is 30.0. The Balaban J connectivity index is 1.07. The maximum atomic E-state index is 13.3. The van der Waals surface area contributed by atoms with Crippen molar-refractivity contribution in [1.29, 1.82) is 0 Å². The van der Waals surface area contributed by atoms with Crippen molar-refractivity contribution in [2.24, 2.45) is 0 Å². The van der Waals surface area contributed by atoms with Gasteiger partial charge in [-0.05, 0) is 65.5 Å². The third kappa shape index (κ3) is 9.53. The Morgan fingerprint density at radius 3 is 2.02 bits per heavy atom. The second-order valence-electron chi connectivity index (χ2n) is 13.3. The predicted molar refractivity (Wildman–Crippen MR) is 199 cm³/mol. The number of fused-ring (bicyclic) bond motifs is 4. The molecular formula is C41H53N5O4. The van der Waals surface area contributed by atoms with Crippen LogP contribution in [-0.4, -0.2) is 66.3 Å². The number of nitrogens with one attached hydrogen (secondary N) is 2. The fourth-order valence-electron chi connectivity index (χ4n) is 6.81. The minimum absolute atomic E-state index is 0.00341. The van der Waals surface area contributed by atoms with Crippen molar-refractivity contribution < 1.29 is 19.1 Å². The van der Waals surface area contributed by atoms with E-state index in [4.69, 9.17) is 4.74 Å². The molecule has 0 radical (unpaired) electrons. The number of benzene rings is 3. The number of nitrogens with zero attached hydrogens (tertiary/aromatic N) is 3. The fraction of sp³-hybridized carbons (Fsp3) is 0.439. The van der Waals surface area contributed by atoms with Crippen LogP contribution in [0.2, 0.25) is 0 Å². The van der Waals surface area contributed by atoms with Crippen LogP contribution in [0.4, 0.5) is 4.79 Å². The van der Waals surface area contributed by atoms with E-state index >= 15 is 0 Å². The summed E-state index contributed by atoms with van der Waals surface area (Å²) in [6.45, 7) is 4.73. The number of carbonyl (C=O) groups is 3. The maximum Gasteiger partial charge on any atom is 0.424 e. The van der Waals surface area contributed by atoms with Gasteiger partial charge in [-0.2, -0.15) is 0 Å². The molecule has 1 aliphatic rings. The van der Waals surface area contributed by atoms with Crippen LogP contribution < -0.4 is 10.6 Å². The van der Waals surface area contributed by atoms with Crippen LogP contribution >= 0.6 is 0 Å². The van der Waals surface area contributed by atoms with E-state index in [0.29, 0.717) is 39.0 Å². The number of ether oxygens (including phenoxy) is 1. The van der Waals surface area contributed by atoms with Gasteiger partial charge in [0.1, 0.15) is 6.61 Å². The van der Waals surface area contributed by atoms with Gasteiger partial charge in [-0.15, -0.1) is 0 Å². The van der Waals surface area contributed by atoms with Gasteiger partial charge >= 0.3 is 6.09 Å². The number of para-hydroxylation sites is 1. The fourth-order valence-corrected chi connectivity index (χ4v) is 6.81. The normalized spacial score (nSPS) is 12.2. The molecular weight excluding hydrogens is 626 g/mol. The largest absolute Gasteiger partial charge is 0.447 e. The molecule has 4 aromatic rings. The van der Waals surface area contributed by atoms with E-state index in [1.807, 2.05) is 48.5 Å². The molecule has 3 amide bonds. The second kappa shape index (κ2) is 18.4. The highest BCUT2D eigenvalue weighted by atomic mass is 16.6. The average molecular weight is 680 g/mol. The summed E-state index contributed by atoms with van der Waals surface area (Å²) >= 11 is 0. The Hall–Kier alpha value is -4.63. The molecule has 0 unspecified atom stereocenters. The molecule has 0 spiro atoms. The highest BCUT2D eigenvalue weighted by Gasteiger charge is 2.30. The van der Waals surface area contributed by atoms with E-state index < -0.39 is 6.09 Å². The number of hydrogen-bond acceptors (Lipinski definition) is 5. The summed E-state index contributed by atoms with van der Waals surface area (Å²) in [6, 6.07) is 26.9. The lowest BCUT2D eigenvalue weighted by atomic mass is 9.98. The van der Waals surface area contributed by atoms with Gasteiger partial charge in [0.15, 0.2) is 0 Å².